The van der Waals surface area contributed by atoms with E-state index in [0.717, 1.165) is 65.3 Å². The summed E-state index contributed by atoms with van der Waals surface area (Å²) in [6, 6.07) is 34.3. The number of aromatic nitrogens is 2. The molecule has 2 aromatic heterocycles. The molecule has 0 bridgehead atoms. The summed E-state index contributed by atoms with van der Waals surface area (Å²) < 4.78 is 12.9. The molecule has 0 unspecified atom stereocenters. The fraction of sp³-hybridized carbons (Fsp3) is 0.356. The van der Waals surface area contributed by atoms with E-state index in [2.05, 4.69) is 119 Å². The van der Waals surface area contributed by atoms with Crippen molar-refractivity contribution in [2.24, 2.45) is 10.9 Å². The number of fused-ring (bicyclic) bond motifs is 2. The first kappa shape index (κ1) is 37.5. The smallest absolute Gasteiger partial charge is 0.518 e. The van der Waals surface area contributed by atoms with Gasteiger partial charge in [0.2, 0.25) is 0 Å². The molecule has 7 heteroatoms. The zero-order valence-corrected chi connectivity index (χ0v) is 33.5. The Morgan fingerprint density at radius 2 is 1.63 bits per heavy atom. The van der Waals surface area contributed by atoms with Gasteiger partial charge in [-0.05, 0) is 71.0 Å². The average molecular weight is 872 g/mol. The summed E-state index contributed by atoms with van der Waals surface area (Å²) in [6.45, 7) is 16.3. The van der Waals surface area contributed by atoms with Crippen LogP contribution in [0.15, 0.2) is 96.2 Å². The molecule has 6 nitrogen and oxygen atoms in total. The second kappa shape index (κ2) is 15.4. The fourth-order valence-corrected chi connectivity index (χ4v) is 7.47. The van der Waals surface area contributed by atoms with E-state index >= 15 is 0 Å². The van der Waals surface area contributed by atoms with Crippen molar-refractivity contribution in [3.63, 3.8) is 0 Å². The van der Waals surface area contributed by atoms with Crippen molar-refractivity contribution in [1.29, 1.82) is 0 Å². The molecular weight excluding hydrogens is 824 g/mol. The molecule has 1 atom stereocenters. The van der Waals surface area contributed by atoms with Gasteiger partial charge in [-0.25, -0.2) is 4.98 Å². The molecule has 5 aromatic rings. The zero-order chi connectivity index (χ0) is 35.8. The minimum atomic E-state index is -0.265. The summed E-state index contributed by atoms with van der Waals surface area (Å²) in [5, 5.41) is 0. The summed E-state index contributed by atoms with van der Waals surface area (Å²) in [5.74, 6) is 3.10. The van der Waals surface area contributed by atoms with E-state index in [0.29, 0.717) is 29.9 Å². The van der Waals surface area contributed by atoms with Gasteiger partial charge in [0, 0.05) is 29.6 Å². The summed E-state index contributed by atoms with van der Waals surface area (Å²) in [5.41, 5.74) is 7.82. The van der Waals surface area contributed by atoms with Crippen LogP contribution in [0.25, 0.3) is 11.3 Å². The third-order valence-electron chi connectivity index (χ3n) is 10.2. The number of rotatable bonds is 10. The van der Waals surface area contributed by atoms with Crippen LogP contribution in [0.1, 0.15) is 96.4 Å². The van der Waals surface area contributed by atoms with Crippen LogP contribution < -0.4 is 9.64 Å². The second-order valence-electron chi connectivity index (χ2n) is 15.3. The van der Waals surface area contributed by atoms with Crippen LogP contribution in [-0.4, -0.2) is 28.5 Å². The maximum Gasteiger partial charge on any atom is 2.00 e. The molecule has 7 rings (SSSR count). The Balaban J connectivity index is 0.00000464. The Morgan fingerprint density at radius 3 is 2.37 bits per heavy atom. The van der Waals surface area contributed by atoms with E-state index in [4.69, 9.17) is 19.5 Å². The van der Waals surface area contributed by atoms with Gasteiger partial charge >= 0.3 is 21.1 Å². The normalized spacial score (nSPS) is 16.0. The molecule has 0 aliphatic carbocycles. The van der Waals surface area contributed by atoms with E-state index in [1.807, 2.05) is 36.5 Å². The van der Waals surface area contributed by atoms with Gasteiger partial charge in [0.1, 0.15) is 11.7 Å². The molecule has 270 valence electrons. The van der Waals surface area contributed by atoms with E-state index in [1.165, 1.54) is 11.1 Å². The molecule has 0 saturated heterocycles. The van der Waals surface area contributed by atoms with Crippen LogP contribution in [0.4, 0.5) is 17.2 Å². The van der Waals surface area contributed by atoms with Crippen LogP contribution >= 0.6 is 0 Å². The number of benzene rings is 3. The Bertz CT molecular complexity index is 2050. The van der Waals surface area contributed by atoms with Gasteiger partial charge in [-0.1, -0.05) is 115 Å². The van der Waals surface area contributed by atoms with E-state index in [1.54, 1.807) is 6.20 Å². The largest absolute Gasteiger partial charge is 2.00 e. The van der Waals surface area contributed by atoms with Crippen molar-refractivity contribution in [1.82, 2.24) is 9.97 Å². The molecular formula is C45H48N4O2Pt. The van der Waals surface area contributed by atoms with E-state index in [-0.39, 0.29) is 37.9 Å². The number of pyridine rings is 2. The fourth-order valence-electron chi connectivity index (χ4n) is 7.47. The molecule has 0 radical (unpaired) electrons. The number of hydrogen-bond donors (Lipinski definition) is 0. The topological polar surface area (TPSA) is 59.8 Å². The summed E-state index contributed by atoms with van der Waals surface area (Å²) in [6.07, 6.45) is 8.28. The quantitative estimate of drug-likeness (QED) is 0.131. The van der Waals surface area contributed by atoms with E-state index in [9.17, 15) is 0 Å². The van der Waals surface area contributed by atoms with Crippen LogP contribution in [0.3, 0.4) is 0 Å². The molecule has 0 saturated carbocycles. The van der Waals surface area contributed by atoms with Crippen molar-refractivity contribution in [2.75, 3.05) is 11.5 Å². The van der Waals surface area contributed by atoms with E-state index < -0.39 is 0 Å². The SMILES string of the molecule is CCCC(CCC)[C@@H]1COC(c2[c-]c(Oc3[c-]c4c(cc3)C(C)(C)c3ccccc3N4c3cc(C(C)(C)C)ccn3)cc(-c3ccccn3)c2)=N1.[Pt+2]. The van der Waals surface area contributed by atoms with Crippen LogP contribution in [0.2, 0.25) is 0 Å². The first-order valence-corrected chi connectivity index (χ1v) is 18.4. The average Bonchev–Trinajstić information content (AvgIpc) is 3.62. The van der Waals surface area contributed by atoms with Gasteiger partial charge in [0.15, 0.2) is 0 Å². The summed E-state index contributed by atoms with van der Waals surface area (Å²) >= 11 is 0. The molecule has 3 aromatic carbocycles. The Kier molecular flexibility index (Phi) is 11.1. The third-order valence-corrected chi connectivity index (χ3v) is 10.2. The maximum atomic E-state index is 6.68. The number of anilines is 3. The van der Waals surface area contributed by atoms with Crippen molar-refractivity contribution in [3.05, 3.63) is 126 Å². The molecule has 0 amide bonds. The first-order chi connectivity index (χ1) is 24.6. The molecule has 52 heavy (non-hydrogen) atoms. The van der Waals surface area contributed by atoms with Gasteiger partial charge in [-0.3, -0.25) is 9.98 Å². The zero-order valence-electron chi connectivity index (χ0n) is 31.3. The Labute approximate surface area is 324 Å². The number of para-hydroxylation sites is 1. The second-order valence-corrected chi connectivity index (χ2v) is 15.3. The van der Waals surface area contributed by atoms with Crippen molar-refractivity contribution >= 4 is 23.1 Å². The standard InChI is InChI=1S/C45H48N4O2.Pt/c1-8-14-30(15-9-2)39-29-50-43(48-39)32-24-31(38-17-12-13-22-46-38)25-35(26-32)51-34-19-20-37-41(28-34)49(40-18-11-10-16-36(40)45(37,6)7)42-27-33(21-23-47-42)44(3,4)5;/h10-13,16-25,27,30,39H,8-9,14-15,29H2,1-7H3;/q-2;+2/t39-;/m0./s1. The predicted molar refractivity (Wildman–Crippen MR) is 207 cm³/mol. The minimum Gasteiger partial charge on any atom is -0.518 e. The molecule has 4 heterocycles. The predicted octanol–water partition coefficient (Wildman–Crippen LogP) is 11.3. The van der Waals surface area contributed by atoms with Gasteiger partial charge in [-0.2, -0.15) is 6.07 Å². The van der Waals surface area contributed by atoms with Crippen molar-refractivity contribution < 1.29 is 30.5 Å². The Hall–Kier alpha value is -4.28. The summed E-state index contributed by atoms with van der Waals surface area (Å²) in [4.78, 5) is 16.9. The van der Waals surface area contributed by atoms with Gasteiger partial charge < -0.3 is 14.4 Å². The first-order valence-electron chi connectivity index (χ1n) is 18.4. The van der Waals surface area contributed by atoms with Crippen LogP contribution in [0, 0.1) is 18.1 Å². The van der Waals surface area contributed by atoms with Crippen LogP contribution in [0.5, 0.6) is 11.5 Å². The number of nitrogens with zero attached hydrogens (tertiary/aromatic N) is 4. The molecule has 0 N–H and O–H groups in total. The maximum absolute atomic E-state index is 6.68. The summed E-state index contributed by atoms with van der Waals surface area (Å²) in [7, 11) is 0. The third kappa shape index (κ3) is 7.46. The van der Waals surface area contributed by atoms with Crippen molar-refractivity contribution in [3.8, 4) is 22.8 Å². The number of ether oxygens (including phenoxy) is 2. The monoisotopic (exact) mass is 871 g/mol. The van der Waals surface area contributed by atoms with Crippen LogP contribution in [-0.2, 0) is 36.6 Å². The Morgan fingerprint density at radius 1 is 0.865 bits per heavy atom. The molecule has 2 aliphatic heterocycles. The van der Waals surface area contributed by atoms with Gasteiger partial charge in [0.05, 0.1) is 18.3 Å². The molecule has 0 spiro atoms. The minimum absolute atomic E-state index is 0. The van der Waals surface area contributed by atoms with Gasteiger partial charge in [0.25, 0.3) is 0 Å². The number of hydrogen-bond acceptors (Lipinski definition) is 6. The molecule has 2 aliphatic rings. The van der Waals surface area contributed by atoms with Gasteiger partial charge in [-0.15, -0.1) is 23.8 Å². The van der Waals surface area contributed by atoms with Crippen molar-refractivity contribution in [2.45, 2.75) is 91.0 Å². The molecule has 0 fully saturated rings. The number of aliphatic imine (C=N–C) groups is 1.